The van der Waals surface area contributed by atoms with Gasteiger partial charge in [-0.1, -0.05) is 13.8 Å². The fraction of sp³-hybridized carbons (Fsp3) is 0.688. The van der Waals surface area contributed by atoms with Gasteiger partial charge in [0, 0.05) is 13.5 Å². The van der Waals surface area contributed by atoms with Crippen molar-refractivity contribution >= 4 is 17.7 Å². The first kappa shape index (κ1) is 17.4. The number of carbonyl (C=O) groups excluding carboxylic acids is 3. The van der Waals surface area contributed by atoms with Gasteiger partial charge in [0.1, 0.15) is 11.6 Å². The summed E-state index contributed by atoms with van der Waals surface area (Å²) in [4.78, 5) is 40.5. The molecule has 9 nitrogen and oxygen atoms in total. The minimum atomic E-state index is -0.789. The lowest BCUT2D eigenvalue weighted by Crippen LogP contribution is -2.73. The molecule has 1 N–H and O–H groups in total. The first-order chi connectivity index (χ1) is 11.8. The van der Waals surface area contributed by atoms with Crippen molar-refractivity contribution in [2.75, 3.05) is 13.1 Å². The van der Waals surface area contributed by atoms with Crippen molar-refractivity contribution in [3.05, 3.63) is 12.3 Å². The van der Waals surface area contributed by atoms with Crippen LogP contribution >= 0.6 is 0 Å². The van der Waals surface area contributed by atoms with Crippen LogP contribution in [0, 0.1) is 5.92 Å². The average molecular weight is 349 g/mol. The van der Waals surface area contributed by atoms with Crippen LogP contribution in [0.5, 0.6) is 0 Å². The molecule has 1 aromatic heterocycles. The van der Waals surface area contributed by atoms with Crippen LogP contribution in [0.25, 0.3) is 0 Å². The van der Waals surface area contributed by atoms with E-state index in [-0.39, 0.29) is 30.2 Å². The quantitative estimate of drug-likeness (QED) is 0.746. The predicted molar refractivity (Wildman–Crippen MR) is 85.8 cm³/mol. The zero-order valence-electron chi connectivity index (χ0n) is 14.7. The Kier molecular flexibility index (Phi) is 4.49. The van der Waals surface area contributed by atoms with Gasteiger partial charge in [-0.05, 0) is 18.8 Å². The van der Waals surface area contributed by atoms with Crippen molar-refractivity contribution < 1.29 is 18.8 Å². The SMILES string of the molecule is CC(=O)N[C@H](C(=O)N1CCCC12CN(Cc1nnco1)C2=O)C(C)C. The molecule has 0 aromatic carbocycles. The molecule has 0 aliphatic carbocycles. The second kappa shape index (κ2) is 6.45. The van der Waals surface area contributed by atoms with Crippen LogP contribution in [-0.4, -0.2) is 62.4 Å². The van der Waals surface area contributed by atoms with Gasteiger partial charge < -0.3 is 19.5 Å². The molecule has 2 atom stereocenters. The van der Waals surface area contributed by atoms with Crippen molar-refractivity contribution in [2.24, 2.45) is 5.92 Å². The molecule has 3 amide bonds. The van der Waals surface area contributed by atoms with Crippen molar-refractivity contribution in [1.29, 1.82) is 0 Å². The summed E-state index contributed by atoms with van der Waals surface area (Å²) in [6.07, 6.45) is 2.64. The van der Waals surface area contributed by atoms with E-state index in [2.05, 4.69) is 15.5 Å². The average Bonchev–Trinajstić information content (AvgIpc) is 3.21. The highest BCUT2D eigenvalue weighted by molar-refractivity contribution is 5.99. The Morgan fingerprint density at radius 3 is 2.76 bits per heavy atom. The summed E-state index contributed by atoms with van der Waals surface area (Å²) in [5.41, 5.74) is -0.789. The lowest BCUT2D eigenvalue weighted by molar-refractivity contribution is -0.170. The minimum Gasteiger partial charge on any atom is -0.426 e. The number of carbonyl (C=O) groups is 3. The maximum atomic E-state index is 13.0. The summed E-state index contributed by atoms with van der Waals surface area (Å²) in [7, 11) is 0. The smallest absolute Gasteiger partial charge is 0.250 e. The second-order valence-corrected chi connectivity index (χ2v) is 7.04. The normalized spacial score (nSPS) is 23.9. The maximum Gasteiger partial charge on any atom is 0.250 e. The minimum absolute atomic E-state index is 0.0567. The Balaban J connectivity index is 1.73. The number of hydrogen-bond donors (Lipinski definition) is 1. The second-order valence-electron chi connectivity index (χ2n) is 7.04. The van der Waals surface area contributed by atoms with Gasteiger partial charge in [0.2, 0.25) is 24.1 Å². The molecule has 2 aliphatic heterocycles. The summed E-state index contributed by atoms with van der Waals surface area (Å²) < 4.78 is 5.08. The third-order valence-corrected chi connectivity index (χ3v) is 4.92. The van der Waals surface area contributed by atoms with Crippen LogP contribution in [0.1, 0.15) is 39.5 Å². The zero-order valence-corrected chi connectivity index (χ0v) is 14.7. The molecule has 0 bridgehead atoms. The molecule has 1 spiro atoms. The largest absolute Gasteiger partial charge is 0.426 e. The van der Waals surface area contributed by atoms with Crippen molar-refractivity contribution in [3.63, 3.8) is 0 Å². The number of nitrogens with zero attached hydrogens (tertiary/aromatic N) is 4. The van der Waals surface area contributed by atoms with Crippen LogP contribution in [0.4, 0.5) is 0 Å². The third-order valence-electron chi connectivity index (χ3n) is 4.92. The van der Waals surface area contributed by atoms with Gasteiger partial charge in [-0.3, -0.25) is 14.4 Å². The molecule has 1 aromatic rings. The molecular formula is C16H23N5O4. The number of β-lactam (4-membered cyclic amide) rings is 1. The number of hydrogen-bond acceptors (Lipinski definition) is 6. The molecule has 3 rings (SSSR count). The van der Waals surface area contributed by atoms with Crippen LogP contribution in [0.15, 0.2) is 10.8 Å². The Hall–Kier alpha value is -2.45. The molecule has 0 saturated carbocycles. The fourth-order valence-corrected chi connectivity index (χ4v) is 3.70. The Morgan fingerprint density at radius 2 is 2.20 bits per heavy atom. The Morgan fingerprint density at radius 1 is 1.44 bits per heavy atom. The summed E-state index contributed by atoms with van der Waals surface area (Å²) in [5.74, 6) is -0.218. The lowest BCUT2D eigenvalue weighted by Gasteiger charge is -2.51. The molecule has 136 valence electrons. The fourth-order valence-electron chi connectivity index (χ4n) is 3.70. The summed E-state index contributed by atoms with van der Waals surface area (Å²) >= 11 is 0. The van der Waals surface area contributed by atoms with E-state index in [0.29, 0.717) is 25.4 Å². The van der Waals surface area contributed by atoms with Gasteiger partial charge >= 0.3 is 0 Å². The highest BCUT2D eigenvalue weighted by Gasteiger charge is 2.60. The first-order valence-electron chi connectivity index (χ1n) is 8.48. The molecule has 9 heteroatoms. The molecule has 2 aliphatic rings. The highest BCUT2D eigenvalue weighted by atomic mass is 16.4. The van der Waals surface area contributed by atoms with Gasteiger partial charge in [-0.2, -0.15) is 0 Å². The first-order valence-corrected chi connectivity index (χ1v) is 8.48. The zero-order chi connectivity index (χ0) is 18.2. The molecule has 1 unspecified atom stereocenters. The van der Waals surface area contributed by atoms with Gasteiger partial charge in [0.25, 0.3) is 5.91 Å². The van der Waals surface area contributed by atoms with Gasteiger partial charge in [0.15, 0.2) is 0 Å². The summed E-state index contributed by atoms with van der Waals surface area (Å²) in [5, 5.41) is 10.1. The van der Waals surface area contributed by atoms with Gasteiger partial charge in [-0.15, -0.1) is 10.2 Å². The van der Waals surface area contributed by atoms with Crippen molar-refractivity contribution in [2.45, 2.75) is 51.7 Å². The lowest BCUT2D eigenvalue weighted by atomic mass is 9.84. The van der Waals surface area contributed by atoms with E-state index >= 15 is 0 Å². The maximum absolute atomic E-state index is 13.0. The number of rotatable bonds is 5. The number of amides is 3. The molecule has 3 heterocycles. The van der Waals surface area contributed by atoms with E-state index in [0.717, 1.165) is 6.42 Å². The number of aromatic nitrogens is 2. The van der Waals surface area contributed by atoms with E-state index in [1.54, 1.807) is 9.80 Å². The third kappa shape index (κ3) is 2.98. The van der Waals surface area contributed by atoms with E-state index in [1.165, 1.54) is 13.3 Å². The van der Waals surface area contributed by atoms with Crippen molar-refractivity contribution in [1.82, 2.24) is 25.3 Å². The van der Waals surface area contributed by atoms with Crippen LogP contribution in [0.2, 0.25) is 0 Å². The van der Waals surface area contributed by atoms with Crippen LogP contribution in [-0.2, 0) is 20.9 Å². The molecular weight excluding hydrogens is 326 g/mol. The van der Waals surface area contributed by atoms with Crippen LogP contribution < -0.4 is 5.32 Å². The highest BCUT2D eigenvalue weighted by Crippen LogP contribution is 2.40. The van der Waals surface area contributed by atoms with E-state index in [9.17, 15) is 14.4 Å². The number of nitrogens with one attached hydrogen (secondary N) is 1. The Bertz CT molecular complexity index is 674. The summed E-state index contributed by atoms with van der Waals surface area (Å²) in [6, 6.07) is -0.620. The number of likely N-dealkylation sites (tertiary alicyclic amines) is 2. The topological polar surface area (TPSA) is 109 Å². The van der Waals surface area contributed by atoms with Gasteiger partial charge in [0.05, 0.1) is 13.1 Å². The molecule has 2 saturated heterocycles. The molecule has 0 radical (unpaired) electrons. The monoisotopic (exact) mass is 349 g/mol. The molecule has 25 heavy (non-hydrogen) atoms. The summed E-state index contributed by atoms with van der Waals surface area (Å²) in [6.45, 7) is 6.38. The van der Waals surface area contributed by atoms with E-state index in [4.69, 9.17) is 4.42 Å². The van der Waals surface area contributed by atoms with E-state index in [1.807, 2.05) is 13.8 Å². The van der Waals surface area contributed by atoms with Crippen LogP contribution in [0.3, 0.4) is 0 Å². The Labute approximate surface area is 145 Å². The van der Waals surface area contributed by atoms with Crippen molar-refractivity contribution in [3.8, 4) is 0 Å². The molecule has 2 fully saturated rings. The standard InChI is InChI=1S/C16H23N5O4/c1-10(2)13(18-11(3)22)14(23)21-6-4-5-16(21)8-20(15(16)24)7-12-19-17-9-25-12/h9-10,13H,4-8H2,1-3H3,(H,18,22)/t13-,16?/m0/s1. The van der Waals surface area contributed by atoms with Gasteiger partial charge in [-0.25, -0.2) is 0 Å². The predicted octanol–water partition coefficient (Wildman–Crippen LogP) is -0.0663. The van der Waals surface area contributed by atoms with E-state index < -0.39 is 11.6 Å².